The zero-order chi connectivity index (χ0) is 13.1. The highest BCUT2D eigenvalue weighted by atomic mass is 16.5. The zero-order valence-corrected chi connectivity index (χ0v) is 10.7. The molecule has 0 bridgehead atoms. The lowest BCUT2D eigenvalue weighted by atomic mass is 9.92. The highest BCUT2D eigenvalue weighted by Crippen LogP contribution is 2.21. The van der Waals surface area contributed by atoms with E-state index in [1.165, 1.54) is 0 Å². The summed E-state index contributed by atoms with van der Waals surface area (Å²) in [5.41, 5.74) is 0. The number of anilines is 1. The summed E-state index contributed by atoms with van der Waals surface area (Å²) in [5, 5.41) is 15.9. The Kier molecular flexibility index (Phi) is 3.86. The van der Waals surface area contributed by atoms with E-state index in [1.807, 2.05) is 0 Å². The van der Waals surface area contributed by atoms with Gasteiger partial charge in [-0.3, -0.25) is 5.32 Å². The first-order valence-electron chi connectivity index (χ1n) is 6.23. The van der Waals surface area contributed by atoms with Crippen molar-refractivity contribution in [2.24, 2.45) is 5.92 Å². The molecule has 1 fully saturated rings. The molecular formula is C12H19N3O3. The maximum atomic E-state index is 11.9. The van der Waals surface area contributed by atoms with Crippen LogP contribution in [0.15, 0.2) is 10.6 Å². The van der Waals surface area contributed by atoms with Crippen LogP contribution in [0.2, 0.25) is 0 Å². The Labute approximate surface area is 106 Å². The molecule has 0 spiro atoms. The van der Waals surface area contributed by atoms with E-state index in [2.05, 4.69) is 10.5 Å². The number of aromatic nitrogens is 1. The maximum Gasteiger partial charge on any atom is 0.323 e. The smallest absolute Gasteiger partial charge is 0.323 e. The average Bonchev–Trinajstić information content (AvgIpc) is 2.75. The molecule has 1 aromatic rings. The van der Waals surface area contributed by atoms with E-state index in [9.17, 15) is 9.90 Å². The number of carbonyl (C=O) groups excluding carboxylic acids is 1. The minimum Gasteiger partial charge on any atom is -0.393 e. The molecule has 1 aliphatic heterocycles. The molecule has 0 radical (unpaired) electrons. The molecule has 2 rings (SSSR count). The highest BCUT2D eigenvalue weighted by Gasteiger charge is 2.25. The van der Waals surface area contributed by atoms with Gasteiger partial charge in [0, 0.05) is 19.2 Å². The number of urea groups is 1. The monoisotopic (exact) mass is 253 g/mol. The minimum atomic E-state index is -0.298. The van der Waals surface area contributed by atoms with Gasteiger partial charge in [-0.15, -0.1) is 0 Å². The fraction of sp³-hybridized carbons (Fsp3) is 0.667. The molecule has 0 saturated carbocycles. The summed E-state index contributed by atoms with van der Waals surface area (Å²) in [4.78, 5) is 13.7. The fourth-order valence-electron chi connectivity index (χ4n) is 2.20. The number of carbonyl (C=O) groups is 1. The number of hydrogen-bond acceptors (Lipinski definition) is 4. The number of rotatable bonds is 2. The SMILES string of the molecule is Cc1cc(NC(=O)N2CCC(C(C)O)CC2)no1. The molecule has 1 aliphatic rings. The lowest BCUT2D eigenvalue weighted by Crippen LogP contribution is -2.42. The Morgan fingerprint density at radius 3 is 2.78 bits per heavy atom. The molecule has 0 aliphatic carbocycles. The first-order chi connectivity index (χ1) is 8.56. The average molecular weight is 253 g/mol. The number of aliphatic hydroxyl groups is 1. The van der Waals surface area contributed by atoms with Crippen molar-refractivity contribution >= 4 is 11.8 Å². The van der Waals surface area contributed by atoms with E-state index in [0.29, 0.717) is 30.6 Å². The van der Waals surface area contributed by atoms with Crippen LogP contribution in [0.25, 0.3) is 0 Å². The van der Waals surface area contributed by atoms with Gasteiger partial charge >= 0.3 is 6.03 Å². The fourth-order valence-corrected chi connectivity index (χ4v) is 2.20. The molecule has 0 aromatic carbocycles. The summed E-state index contributed by atoms with van der Waals surface area (Å²) in [6.45, 7) is 4.91. The molecule has 1 unspecified atom stereocenters. The molecule has 2 amide bonds. The quantitative estimate of drug-likeness (QED) is 0.839. The highest BCUT2D eigenvalue weighted by molar-refractivity contribution is 5.88. The second-order valence-corrected chi connectivity index (χ2v) is 4.82. The van der Waals surface area contributed by atoms with Gasteiger partial charge in [0.15, 0.2) is 5.82 Å². The van der Waals surface area contributed by atoms with Gasteiger partial charge in [-0.1, -0.05) is 5.16 Å². The van der Waals surface area contributed by atoms with Crippen molar-refractivity contribution in [3.8, 4) is 0 Å². The first-order valence-corrected chi connectivity index (χ1v) is 6.23. The first kappa shape index (κ1) is 12.9. The lowest BCUT2D eigenvalue weighted by Gasteiger charge is -2.32. The van der Waals surface area contributed by atoms with Crippen molar-refractivity contribution in [3.05, 3.63) is 11.8 Å². The summed E-state index contributed by atoms with van der Waals surface area (Å²) in [6.07, 6.45) is 1.37. The summed E-state index contributed by atoms with van der Waals surface area (Å²) in [6, 6.07) is 1.52. The van der Waals surface area contributed by atoms with Gasteiger partial charge in [0.1, 0.15) is 5.76 Å². The molecule has 18 heavy (non-hydrogen) atoms. The topological polar surface area (TPSA) is 78.6 Å². The van der Waals surface area contributed by atoms with Crippen LogP contribution in [-0.4, -0.2) is 40.4 Å². The molecule has 6 nitrogen and oxygen atoms in total. The van der Waals surface area contributed by atoms with Crippen LogP contribution in [0.4, 0.5) is 10.6 Å². The standard InChI is InChI=1S/C12H19N3O3/c1-8-7-11(14-18-8)13-12(17)15-5-3-10(4-6-15)9(2)16/h7,9-10,16H,3-6H2,1-2H3,(H,13,14,17). The molecule has 6 heteroatoms. The van der Waals surface area contributed by atoms with E-state index >= 15 is 0 Å². The molecule has 1 atom stereocenters. The van der Waals surface area contributed by atoms with Gasteiger partial charge in [0.25, 0.3) is 0 Å². The number of nitrogens with one attached hydrogen (secondary N) is 1. The van der Waals surface area contributed by atoms with Gasteiger partial charge in [-0.2, -0.15) is 0 Å². The molecule has 1 aromatic heterocycles. The van der Waals surface area contributed by atoms with Gasteiger partial charge in [0.2, 0.25) is 0 Å². The number of nitrogens with zero attached hydrogens (tertiary/aromatic N) is 2. The largest absolute Gasteiger partial charge is 0.393 e. The van der Waals surface area contributed by atoms with E-state index in [0.717, 1.165) is 12.8 Å². The van der Waals surface area contributed by atoms with Crippen molar-refractivity contribution in [1.82, 2.24) is 10.1 Å². The third-order valence-electron chi connectivity index (χ3n) is 3.37. The Morgan fingerprint density at radius 2 is 2.28 bits per heavy atom. The van der Waals surface area contributed by atoms with Crippen molar-refractivity contribution in [2.75, 3.05) is 18.4 Å². The normalized spacial score (nSPS) is 18.7. The second kappa shape index (κ2) is 5.39. The second-order valence-electron chi connectivity index (χ2n) is 4.82. The Bertz CT molecular complexity index is 408. The van der Waals surface area contributed by atoms with Gasteiger partial charge < -0.3 is 14.5 Å². The Hall–Kier alpha value is -1.56. The van der Waals surface area contributed by atoms with Crippen molar-refractivity contribution < 1.29 is 14.4 Å². The molecule has 2 N–H and O–H groups in total. The minimum absolute atomic E-state index is 0.160. The number of likely N-dealkylation sites (tertiary alicyclic amines) is 1. The number of piperidine rings is 1. The van der Waals surface area contributed by atoms with Crippen LogP contribution in [-0.2, 0) is 0 Å². The molecule has 100 valence electrons. The van der Waals surface area contributed by atoms with E-state index in [1.54, 1.807) is 24.8 Å². The third kappa shape index (κ3) is 3.01. The summed E-state index contributed by atoms with van der Waals surface area (Å²) in [7, 11) is 0. The van der Waals surface area contributed by atoms with E-state index < -0.39 is 0 Å². The number of amides is 2. The van der Waals surface area contributed by atoms with Gasteiger partial charge in [0.05, 0.1) is 6.10 Å². The predicted molar refractivity (Wildman–Crippen MR) is 66.2 cm³/mol. The summed E-state index contributed by atoms with van der Waals surface area (Å²) < 4.78 is 4.88. The number of aliphatic hydroxyl groups excluding tert-OH is 1. The van der Waals surface area contributed by atoms with Gasteiger partial charge in [-0.25, -0.2) is 4.79 Å². The number of hydrogen-bond donors (Lipinski definition) is 2. The maximum absolute atomic E-state index is 11.9. The number of aryl methyl sites for hydroxylation is 1. The van der Waals surface area contributed by atoms with Crippen LogP contribution in [0.1, 0.15) is 25.5 Å². The Morgan fingerprint density at radius 1 is 1.61 bits per heavy atom. The Balaban J connectivity index is 1.84. The van der Waals surface area contributed by atoms with Crippen molar-refractivity contribution in [2.45, 2.75) is 32.8 Å². The van der Waals surface area contributed by atoms with Crippen LogP contribution in [0.5, 0.6) is 0 Å². The molecular weight excluding hydrogens is 234 g/mol. The lowest BCUT2D eigenvalue weighted by molar-refractivity contribution is 0.0820. The van der Waals surface area contributed by atoms with E-state index in [4.69, 9.17) is 4.52 Å². The molecule has 1 saturated heterocycles. The predicted octanol–water partition coefficient (Wildman–Crippen LogP) is 1.61. The zero-order valence-electron chi connectivity index (χ0n) is 10.7. The third-order valence-corrected chi connectivity index (χ3v) is 3.37. The van der Waals surface area contributed by atoms with Crippen LogP contribution in [0.3, 0.4) is 0 Å². The van der Waals surface area contributed by atoms with Crippen molar-refractivity contribution in [3.63, 3.8) is 0 Å². The van der Waals surface area contributed by atoms with Crippen LogP contribution >= 0.6 is 0 Å². The van der Waals surface area contributed by atoms with Crippen LogP contribution in [0, 0.1) is 12.8 Å². The van der Waals surface area contributed by atoms with Crippen LogP contribution < -0.4 is 5.32 Å². The summed E-state index contributed by atoms with van der Waals surface area (Å²) in [5.74, 6) is 1.40. The van der Waals surface area contributed by atoms with Crippen molar-refractivity contribution in [1.29, 1.82) is 0 Å². The van der Waals surface area contributed by atoms with E-state index in [-0.39, 0.29) is 12.1 Å². The van der Waals surface area contributed by atoms with Gasteiger partial charge in [-0.05, 0) is 32.6 Å². The molecule has 2 heterocycles. The summed E-state index contributed by atoms with van der Waals surface area (Å²) >= 11 is 0.